The third kappa shape index (κ3) is 4.48. The molecular weight excluding hydrogens is 414 g/mol. The summed E-state index contributed by atoms with van der Waals surface area (Å²) >= 11 is 0. The Labute approximate surface area is 176 Å². The molecule has 0 bridgehead atoms. The number of methoxy groups -OCH3 is 1. The van der Waals surface area contributed by atoms with E-state index in [1.54, 1.807) is 0 Å². The van der Waals surface area contributed by atoms with Crippen LogP contribution in [0.1, 0.15) is 22.8 Å². The molecule has 0 saturated carbocycles. The molecule has 164 valence electrons. The molecule has 3 amide bonds. The summed E-state index contributed by atoms with van der Waals surface area (Å²) in [5, 5.41) is 12.6. The van der Waals surface area contributed by atoms with Crippen LogP contribution in [0.25, 0.3) is 0 Å². The fourth-order valence-electron chi connectivity index (χ4n) is 3.19. The molecule has 1 aliphatic rings. The van der Waals surface area contributed by atoms with E-state index < -0.39 is 47.7 Å². The highest BCUT2D eigenvalue weighted by molar-refractivity contribution is 6.07. The van der Waals surface area contributed by atoms with E-state index in [1.165, 1.54) is 38.3 Å². The van der Waals surface area contributed by atoms with Crippen molar-refractivity contribution < 1.29 is 37.7 Å². The van der Waals surface area contributed by atoms with Crippen LogP contribution in [-0.4, -0.2) is 54.3 Å². The molecule has 0 aromatic heterocycles. The SMILES string of the molecule is COC(=O)c1ccc(OC[C@H](O)CN2C(=O)N[C@](C)(c3cc(F)ccc3F)C2=O)cc1. The van der Waals surface area contributed by atoms with Gasteiger partial charge in [0, 0.05) is 5.56 Å². The highest BCUT2D eigenvalue weighted by Crippen LogP contribution is 2.31. The number of carbonyl (C=O) groups excluding carboxylic acids is 3. The van der Waals surface area contributed by atoms with Gasteiger partial charge in [-0.05, 0) is 49.4 Å². The topological polar surface area (TPSA) is 105 Å². The molecule has 1 aliphatic heterocycles. The fraction of sp³-hybridized carbons (Fsp3) is 0.286. The van der Waals surface area contributed by atoms with Crippen LogP contribution in [0.5, 0.6) is 5.75 Å². The first kappa shape index (κ1) is 22.2. The highest BCUT2D eigenvalue weighted by Gasteiger charge is 2.50. The summed E-state index contributed by atoms with van der Waals surface area (Å²) in [5.74, 6) is -2.61. The Morgan fingerprint density at radius 2 is 1.87 bits per heavy atom. The van der Waals surface area contributed by atoms with Crippen LogP contribution in [0.4, 0.5) is 13.6 Å². The maximum atomic E-state index is 14.2. The Hall–Kier alpha value is -3.53. The molecule has 2 atom stereocenters. The highest BCUT2D eigenvalue weighted by atomic mass is 19.1. The van der Waals surface area contributed by atoms with E-state index in [0.717, 1.165) is 23.1 Å². The maximum absolute atomic E-state index is 14.2. The minimum atomic E-state index is -1.81. The smallest absolute Gasteiger partial charge is 0.337 e. The van der Waals surface area contributed by atoms with Crippen molar-refractivity contribution in [2.75, 3.05) is 20.3 Å². The number of rotatable bonds is 7. The average Bonchev–Trinajstić information content (AvgIpc) is 2.97. The van der Waals surface area contributed by atoms with Crippen LogP contribution in [0.15, 0.2) is 42.5 Å². The lowest BCUT2D eigenvalue weighted by molar-refractivity contribution is -0.132. The predicted molar refractivity (Wildman–Crippen MR) is 103 cm³/mol. The minimum Gasteiger partial charge on any atom is -0.491 e. The van der Waals surface area contributed by atoms with Crippen molar-refractivity contribution >= 4 is 17.9 Å². The number of nitrogens with one attached hydrogen (secondary N) is 1. The quantitative estimate of drug-likeness (QED) is 0.510. The molecule has 8 nitrogen and oxygen atoms in total. The second kappa shape index (κ2) is 8.68. The number of urea groups is 1. The summed E-state index contributed by atoms with van der Waals surface area (Å²) in [7, 11) is 1.26. The standard InChI is InChI=1S/C21H20F2N2O6/c1-21(16-9-13(22)5-8-17(16)23)19(28)25(20(29)24-21)10-14(26)11-31-15-6-3-12(4-7-15)18(27)30-2/h3-9,14,26H,10-11H2,1-2H3,(H,24,29)/t14-,21-/m1/s1. The van der Waals surface area contributed by atoms with Crippen molar-refractivity contribution in [1.29, 1.82) is 0 Å². The summed E-state index contributed by atoms with van der Waals surface area (Å²) in [4.78, 5) is 37.2. The molecule has 0 unspecified atom stereocenters. The molecule has 1 heterocycles. The van der Waals surface area contributed by atoms with Gasteiger partial charge in [-0.2, -0.15) is 0 Å². The molecule has 2 aromatic carbocycles. The Morgan fingerprint density at radius 1 is 1.19 bits per heavy atom. The second-order valence-corrected chi connectivity index (χ2v) is 7.08. The summed E-state index contributed by atoms with van der Waals surface area (Å²) in [6, 6.07) is 7.71. The Morgan fingerprint density at radius 3 is 2.52 bits per heavy atom. The molecule has 0 radical (unpaired) electrons. The summed E-state index contributed by atoms with van der Waals surface area (Å²) in [5.41, 5.74) is -1.81. The van der Waals surface area contributed by atoms with Gasteiger partial charge in [0.1, 0.15) is 35.6 Å². The number of carbonyl (C=O) groups is 3. The largest absolute Gasteiger partial charge is 0.491 e. The number of hydrogen-bond acceptors (Lipinski definition) is 6. The van der Waals surface area contributed by atoms with Gasteiger partial charge in [-0.25, -0.2) is 18.4 Å². The zero-order valence-electron chi connectivity index (χ0n) is 16.7. The number of β-amino-alcohol motifs (C(OH)–C–C–N with tert-alkyl or cyclic N) is 1. The number of aliphatic hydroxyl groups is 1. The molecule has 0 spiro atoms. The van der Waals surface area contributed by atoms with E-state index in [9.17, 15) is 28.3 Å². The number of nitrogens with zero attached hydrogens (tertiary/aromatic N) is 1. The Kier molecular flexibility index (Phi) is 6.21. The summed E-state index contributed by atoms with van der Waals surface area (Å²) in [6.45, 7) is 0.577. The summed E-state index contributed by atoms with van der Waals surface area (Å²) in [6.07, 6.45) is -1.25. The molecule has 31 heavy (non-hydrogen) atoms. The van der Waals surface area contributed by atoms with Crippen molar-refractivity contribution in [3.63, 3.8) is 0 Å². The number of ether oxygens (including phenoxy) is 2. The lowest BCUT2D eigenvalue weighted by Gasteiger charge is -2.23. The summed E-state index contributed by atoms with van der Waals surface area (Å²) < 4.78 is 37.7. The molecule has 1 fully saturated rings. The number of hydrogen-bond donors (Lipinski definition) is 2. The van der Waals surface area contributed by atoms with Crippen molar-refractivity contribution in [3.05, 3.63) is 65.2 Å². The minimum absolute atomic E-state index is 0.264. The molecular formula is C21H20F2N2O6. The van der Waals surface area contributed by atoms with Crippen molar-refractivity contribution in [3.8, 4) is 5.75 Å². The van der Waals surface area contributed by atoms with Crippen molar-refractivity contribution in [1.82, 2.24) is 10.2 Å². The van der Waals surface area contributed by atoms with Gasteiger partial charge in [-0.1, -0.05) is 0 Å². The molecule has 0 aliphatic carbocycles. The van der Waals surface area contributed by atoms with E-state index in [1.807, 2.05) is 0 Å². The lowest BCUT2D eigenvalue weighted by Crippen LogP contribution is -2.43. The monoisotopic (exact) mass is 434 g/mol. The molecule has 3 rings (SSSR count). The lowest BCUT2D eigenvalue weighted by atomic mass is 9.91. The van der Waals surface area contributed by atoms with Gasteiger partial charge in [0.25, 0.3) is 5.91 Å². The van der Waals surface area contributed by atoms with Gasteiger partial charge in [0.15, 0.2) is 0 Å². The zero-order valence-corrected chi connectivity index (χ0v) is 16.7. The van der Waals surface area contributed by atoms with E-state index in [2.05, 4.69) is 10.1 Å². The fourth-order valence-corrected chi connectivity index (χ4v) is 3.19. The van der Waals surface area contributed by atoms with Crippen LogP contribution in [0, 0.1) is 11.6 Å². The van der Waals surface area contributed by atoms with E-state index in [4.69, 9.17) is 4.74 Å². The van der Waals surface area contributed by atoms with E-state index in [-0.39, 0.29) is 12.2 Å². The number of esters is 1. The van der Waals surface area contributed by atoms with Gasteiger partial charge in [0.05, 0.1) is 19.2 Å². The molecule has 10 heteroatoms. The number of halogens is 2. The van der Waals surface area contributed by atoms with Crippen LogP contribution < -0.4 is 10.1 Å². The Balaban J connectivity index is 1.64. The first-order valence-corrected chi connectivity index (χ1v) is 9.24. The van der Waals surface area contributed by atoms with Crippen LogP contribution >= 0.6 is 0 Å². The van der Waals surface area contributed by atoms with E-state index >= 15 is 0 Å². The molecule has 2 aromatic rings. The van der Waals surface area contributed by atoms with Crippen LogP contribution in [0.2, 0.25) is 0 Å². The van der Waals surface area contributed by atoms with Crippen LogP contribution in [-0.2, 0) is 15.1 Å². The average molecular weight is 434 g/mol. The number of imide groups is 1. The molecule has 2 N–H and O–H groups in total. The number of amides is 3. The maximum Gasteiger partial charge on any atom is 0.337 e. The van der Waals surface area contributed by atoms with E-state index in [0.29, 0.717) is 11.3 Å². The number of benzene rings is 2. The van der Waals surface area contributed by atoms with Gasteiger partial charge in [-0.15, -0.1) is 0 Å². The Bertz CT molecular complexity index is 1010. The van der Waals surface area contributed by atoms with Crippen molar-refractivity contribution in [2.45, 2.75) is 18.6 Å². The first-order chi connectivity index (χ1) is 14.7. The van der Waals surface area contributed by atoms with Crippen LogP contribution in [0.3, 0.4) is 0 Å². The second-order valence-electron chi connectivity index (χ2n) is 7.08. The first-order valence-electron chi connectivity index (χ1n) is 9.24. The number of aliphatic hydroxyl groups excluding tert-OH is 1. The van der Waals surface area contributed by atoms with Crippen molar-refractivity contribution in [2.24, 2.45) is 0 Å². The zero-order chi connectivity index (χ0) is 22.8. The third-order valence-electron chi connectivity index (χ3n) is 4.85. The normalized spacial score (nSPS) is 19.2. The van der Waals surface area contributed by atoms with Gasteiger partial charge >= 0.3 is 12.0 Å². The van der Waals surface area contributed by atoms with Gasteiger partial charge < -0.3 is 19.9 Å². The predicted octanol–water partition coefficient (Wildman–Crippen LogP) is 1.96. The van der Waals surface area contributed by atoms with Gasteiger partial charge in [0.2, 0.25) is 0 Å². The third-order valence-corrected chi connectivity index (χ3v) is 4.85. The molecule has 1 saturated heterocycles. The van der Waals surface area contributed by atoms with Gasteiger partial charge in [-0.3, -0.25) is 9.69 Å².